The van der Waals surface area contributed by atoms with Gasteiger partial charge < -0.3 is 10.5 Å². The Morgan fingerprint density at radius 3 is 2.48 bits per heavy atom. The molecule has 1 heterocycles. The van der Waals surface area contributed by atoms with Crippen molar-refractivity contribution in [1.82, 2.24) is 4.98 Å². The van der Waals surface area contributed by atoms with E-state index in [1.54, 1.807) is 37.4 Å². The van der Waals surface area contributed by atoms with Crippen LogP contribution in [0.1, 0.15) is 5.56 Å². The predicted molar refractivity (Wildman–Crippen MR) is 98.4 cm³/mol. The maximum absolute atomic E-state index is 14.3. The quantitative estimate of drug-likeness (QED) is 0.689. The van der Waals surface area contributed by atoms with Crippen LogP contribution in [0.25, 0.3) is 22.4 Å². The van der Waals surface area contributed by atoms with E-state index in [-0.39, 0.29) is 16.9 Å². The Hall–Kier alpha value is -2.91. The summed E-state index contributed by atoms with van der Waals surface area (Å²) in [7, 11) is 1.58. The van der Waals surface area contributed by atoms with Gasteiger partial charge in [0.15, 0.2) is 0 Å². The van der Waals surface area contributed by atoms with Crippen LogP contribution < -0.4 is 10.5 Å². The molecule has 0 aliphatic heterocycles. The summed E-state index contributed by atoms with van der Waals surface area (Å²) in [5.74, 6) is 0.333. The van der Waals surface area contributed by atoms with Crippen LogP contribution in [0.2, 0.25) is 0 Å². The lowest BCUT2D eigenvalue weighted by molar-refractivity contribution is 0.415. The highest BCUT2D eigenvalue weighted by atomic mass is 79.9. The van der Waals surface area contributed by atoms with Crippen molar-refractivity contribution >= 4 is 21.7 Å². The van der Waals surface area contributed by atoms with Crippen molar-refractivity contribution in [3.8, 4) is 34.2 Å². The zero-order chi connectivity index (χ0) is 18.0. The molecule has 0 amide bonds. The summed E-state index contributed by atoms with van der Waals surface area (Å²) in [5, 5.41) is 9.43. The average molecular weight is 398 g/mol. The summed E-state index contributed by atoms with van der Waals surface area (Å²) in [6, 6.07) is 15.5. The van der Waals surface area contributed by atoms with Gasteiger partial charge in [-0.05, 0) is 48.5 Å². The second kappa shape index (κ2) is 6.91. The summed E-state index contributed by atoms with van der Waals surface area (Å²) >= 11 is 3.33. The largest absolute Gasteiger partial charge is 0.497 e. The number of aromatic nitrogens is 1. The Morgan fingerprint density at radius 2 is 1.84 bits per heavy atom. The van der Waals surface area contributed by atoms with Gasteiger partial charge in [0.05, 0.1) is 12.8 Å². The van der Waals surface area contributed by atoms with Crippen molar-refractivity contribution in [2.75, 3.05) is 12.8 Å². The Bertz CT molecular complexity index is 981. The second-order valence-corrected chi connectivity index (χ2v) is 6.20. The standard InChI is InChI=1S/C19H13BrFN3O/c1-25-13-5-2-11(3-6-13)18-9-14(16(10-22)19(23)24-18)15-8-12(20)4-7-17(15)21/h2-9H,1H3,(H2,23,24). The van der Waals surface area contributed by atoms with Crippen molar-refractivity contribution < 1.29 is 9.13 Å². The van der Waals surface area contributed by atoms with Gasteiger partial charge in [-0.25, -0.2) is 9.37 Å². The number of nitriles is 1. The smallest absolute Gasteiger partial charge is 0.142 e. The van der Waals surface area contributed by atoms with Gasteiger partial charge >= 0.3 is 0 Å². The van der Waals surface area contributed by atoms with E-state index in [0.29, 0.717) is 21.5 Å². The van der Waals surface area contributed by atoms with Gasteiger partial charge in [0.2, 0.25) is 0 Å². The van der Waals surface area contributed by atoms with Crippen LogP contribution in [0, 0.1) is 17.1 Å². The molecule has 0 atom stereocenters. The van der Waals surface area contributed by atoms with Crippen molar-refractivity contribution in [1.29, 1.82) is 5.26 Å². The molecule has 0 spiro atoms. The minimum atomic E-state index is -0.439. The minimum Gasteiger partial charge on any atom is -0.497 e. The van der Waals surface area contributed by atoms with Crippen molar-refractivity contribution in [2.24, 2.45) is 0 Å². The second-order valence-electron chi connectivity index (χ2n) is 5.28. The minimum absolute atomic E-state index is 0.0604. The van der Waals surface area contributed by atoms with Gasteiger partial charge in [-0.3, -0.25) is 0 Å². The molecule has 3 rings (SSSR count). The first kappa shape index (κ1) is 16.9. The number of nitrogens with zero attached hydrogens (tertiary/aromatic N) is 2. The normalized spacial score (nSPS) is 10.3. The number of halogens is 2. The Morgan fingerprint density at radius 1 is 1.12 bits per heavy atom. The number of nitrogens with two attached hydrogens (primary N) is 1. The number of nitrogen functional groups attached to an aromatic ring is 1. The molecule has 0 aliphatic rings. The summed E-state index contributed by atoms with van der Waals surface area (Å²) in [6.45, 7) is 0. The van der Waals surface area contributed by atoms with Gasteiger partial charge in [0.25, 0.3) is 0 Å². The number of methoxy groups -OCH3 is 1. The number of benzene rings is 2. The summed E-state index contributed by atoms with van der Waals surface area (Å²) in [4.78, 5) is 4.29. The molecule has 0 saturated carbocycles. The summed E-state index contributed by atoms with van der Waals surface area (Å²) in [5.41, 5.74) is 8.13. The van der Waals surface area contributed by atoms with Gasteiger partial charge in [0.1, 0.15) is 29.0 Å². The first-order chi connectivity index (χ1) is 12.0. The Balaban J connectivity index is 2.22. The number of ether oxygens (including phenoxy) is 1. The van der Waals surface area contributed by atoms with Crippen molar-refractivity contribution in [3.63, 3.8) is 0 Å². The van der Waals surface area contributed by atoms with Gasteiger partial charge in [0, 0.05) is 21.2 Å². The van der Waals surface area contributed by atoms with Crippen LogP contribution >= 0.6 is 15.9 Å². The Labute approximate surface area is 152 Å². The fourth-order valence-corrected chi connectivity index (χ4v) is 2.87. The van der Waals surface area contributed by atoms with Crippen LogP contribution in [-0.4, -0.2) is 12.1 Å². The number of pyridine rings is 1. The number of hydrogen-bond donors (Lipinski definition) is 1. The monoisotopic (exact) mass is 397 g/mol. The van der Waals surface area contributed by atoms with Crippen molar-refractivity contribution in [2.45, 2.75) is 0 Å². The van der Waals surface area contributed by atoms with E-state index in [9.17, 15) is 9.65 Å². The van der Waals surface area contributed by atoms with E-state index in [2.05, 4.69) is 20.9 Å². The molecule has 3 aromatic rings. The molecule has 0 aliphatic carbocycles. The van der Waals surface area contributed by atoms with Crippen LogP contribution in [0.5, 0.6) is 5.75 Å². The molecule has 1 aromatic heterocycles. The third-order valence-electron chi connectivity index (χ3n) is 3.76. The van der Waals surface area contributed by atoms with Crippen LogP contribution in [0.15, 0.2) is 53.0 Å². The summed E-state index contributed by atoms with van der Waals surface area (Å²) in [6.07, 6.45) is 0. The predicted octanol–water partition coefficient (Wildman–Crippen LogP) is 4.78. The average Bonchev–Trinajstić information content (AvgIpc) is 2.63. The topological polar surface area (TPSA) is 71.9 Å². The molecule has 0 unspecified atom stereocenters. The molecule has 124 valence electrons. The van der Waals surface area contributed by atoms with E-state index in [4.69, 9.17) is 10.5 Å². The maximum Gasteiger partial charge on any atom is 0.142 e. The first-order valence-corrected chi connectivity index (χ1v) is 8.13. The highest BCUT2D eigenvalue weighted by molar-refractivity contribution is 9.10. The van der Waals surface area contributed by atoms with Crippen LogP contribution in [0.3, 0.4) is 0 Å². The van der Waals surface area contributed by atoms with Crippen LogP contribution in [-0.2, 0) is 0 Å². The lowest BCUT2D eigenvalue weighted by Crippen LogP contribution is -2.00. The third kappa shape index (κ3) is 3.32. The molecule has 0 bridgehead atoms. The molecule has 0 fully saturated rings. The highest BCUT2D eigenvalue weighted by Crippen LogP contribution is 2.34. The SMILES string of the molecule is COc1ccc(-c2cc(-c3cc(Br)ccc3F)c(C#N)c(N)n2)cc1. The fourth-order valence-electron chi connectivity index (χ4n) is 2.51. The van der Waals surface area contributed by atoms with Crippen LogP contribution in [0.4, 0.5) is 10.2 Å². The molecule has 4 nitrogen and oxygen atoms in total. The number of hydrogen-bond acceptors (Lipinski definition) is 4. The fraction of sp³-hybridized carbons (Fsp3) is 0.0526. The number of anilines is 1. The first-order valence-electron chi connectivity index (χ1n) is 7.34. The van der Waals surface area contributed by atoms with E-state index >= 15 is 0 Å². The lowest BCUT2D eigenvalue weighted by Gasteiger charge is -2.11. The molecule has 6 heteroatoms. The molecule has 0 radical (unpaired) electrons. The molecule has 2 N–H and O–H groups in total. The third-order valence-corrected chi connectivity index (χ3v) is 4.26. The molecule has 2 aromatic carbocycles. The molecule has 25 heavy (non-hydrogen) atoms. The van der Waals surface area contributed by atoms with Gasteiger partial charge in [-0.2, -0.15) is 5.26 Å². The maximum atomic E-state index is 14.3. The van der Waals surface area contributed by atoms with Crippen molar-refractivity contribution in [3.05, 3.63) is 64.4 Å². The Kier molecular flexibility index (Phi) is 4.68. The van der Waals surface area contributed by atoms with Gasteiger partial charge in [-0.1, -0.05) is 15.9 Å². The summed E-state index contributed by atoms with van der Waals surface area (Å²) < 4.78 is 20.2. The van der Waals surface area contributed by atoms with E-state index in [1.807, 2.05) is 18.2 Å². The zero-order valence-corrected chi connectivity index (χ0v) is 14.8. The molecular weight excluding hydrogens is 385 g/mol. The number of rotatable bonds is 3. The van der Waals surface area contributed by atoms with Gasteiger partial charge in [-0.15, -0.1) is 0 Å². The molecule has 0 saturated heterocycles. The van der Waals surface area contributed by atoms with E-state index in [0.717, 1.165) is 5.56 Å². The highest BCUT2D eigenvalue weighted by Gasteiger charge is 2.16. The van der Waals surface area contributed by atoms with E-state index < -0.39 is 5.82 Å². The zero-order valence-electron chi connectivity index (χ0n) is 13.3. The molecular formula is C19H13BrFN3O. The van der Waals surface area contributed by atoms with E-state index in [1.165, 1.54) is 6.07 Å². The lowest BCUT2D eigenvalue weighted by atomic mass is 9.98.